The summed E-state index contributed by atoms with van der Waals surface area (Å²) in [6, 6.07) is 0. The molecule has 0 bridgehead atoms. The van der Waals surface area contributed by atoms with Gasteiger partial charge in [-0.05, 0) is 6.92 Å². The van der Waals surface area contributed by atoms with Crippen LogP contribution in [0.4, 0.5) is 0 Å². The first-order valence-corrected chi connectivity index (χ1v) is 3.20. The first-order valence-electron chi connectivity index (χ1n) is 2.83. The van der Waals surface area contributed by atoms with Gasteiger partial charge >= 0.3 is 0 Å². The van der Waals surface area contributed by atoms with E-state index in [1.807, 2.05) is 0 Å². The minimum Gasteiger partial charge on any atom is -0.390 e. The lowest BCUT2D eigenvalue weighted by atomic mass is 10.4. The third kappa shape index (κ3) is 1.43. The fourth-order valence-corrected chi connectivity index (χ4v) is 0.694. The average molecular weight is 159 g/mol. The van der Waals surface area contributed by atoms with Crippen LogP contribution in [0.25, 0.3) is 0 Å². The molecular weight excluding hydrogens is 152 g/mol. The average Bonchev–Trinajstić information content (AvgIpc) is 1.95. The van der Waals surface area contributed by atoms with Crippen molar-refractivity contribution in [2.75, 3.05) is 0 Å². The molecular formula is C6H7ClN2O. The lowest BCUT2D eigenvalue weighted by Crippen LogP contribution is -1.93. The normalized spacial score (nSPS) is 9.90. The fourth-order valence-electron chi connectivity index (χ4n) is 0.537. The van der Waals surface area contributed by atoms with Crippen molar-refractivity contribution >= 4 is 11.6 Å². The van der Waals surface area contributed by atoms with E-state index in [-0.39, 0.29) is 6.61 Å². The molecule has 4 heteroatoms. The van der Waals surface area contributed by atoms with E-state index < -0.39 is 0 Å². The van der Waals surface area contributed by atoms with E-state index in [0.29, 0.717) is 16.5 Å². The second-order valence-electron chi connectivity index (χ2n) is 1.90. The van der Waals surface area contributed by atoms with Crippen molar-refractivity contribution in [3.63, 3.8) is 0 Å². The van der Waals surface area contributed by atoms with Crippen LogP contribution in [0, 0.1) is 6.92 Å². The number of aliphatic hydroxyl groups is 1. The highest BCUT2D eigenvalue weighted by Crippen LogP contribution is 2.08. The van der Waals surface area contributed by atoms with E-state index in [1.165, 1.54) is 6.20 Å². The Balaban J connectivity index is 3.04. The SMILES string of the molecule is Cc1ncc(CO)nc1Cl. The molecule has 0 fully saturated rings. The lowest BCUT2D eigenvalue weighted by molar-refractivity contribution is 0.276. The van der Waals surface area contributed by atoms with Gasteiger partial charge in [-0.3, -0.25) is 4.98 Å². The largest absolute Gasteiger partial charge is 0.390 e. The summed E-state index contributed by atoms with van der Waals surface area (Å²) in [5, 5.41) is 8.95. The quantitative estimate of drug-likeness (QED) is 0.662. The molecule has 0 unspecified atom stereocenters. The molecule has 0 saturated heterocycles. The molecule has 0 aliphatic rings. The molecule has 0 amide bonds. The van der Waals surface area contributed by atoms with Crippen molar-refractivity contribution in [3.8, 4) is 0 Å². The summed E-state index contributed by atoms with van der Waals surface area (Å²) in [5.74, 6) is 0. The predicted octanol–water partition coefficient (Wildman–Crippen LogP) is 0.931. The van der Waals surface area contributed by atoms with Crippen molar-refractivity contribution in [2.24, 2.45) is 0 Å². The van der Waals surface area contributed by atoms with Gasteiger partial charge in [0.05, 0.1) is 24.2 Å². The zero-order valence-electron chi connectivity index (χ0n) is 5.50. The summed E-state index contributed by atoms with van der Waals surface area (Å²) in [6.45, 7) is 1.64. The molecule has 0 atom stereocenters. The van der Waals surface area contributed by atoms with Gasteiger partial charge in [-0.2, -0.15) is 0 Å². The first kappa shape index (κ1) is 7.44. The molecule has 1 aromatic heterocycles. The molecule has 1 N–H and O–H groups in total. The standard InChI is InChI=1S/C6H7ClN2O/c1-4-6(7)9-5(3-10)2-8-4/h2,10H,3H2,1H3. The minimum absolute atomic E-state index is 0.118. The Morgan fingerprint density at radius 2 is 2.40 bits per heavy atom. The van der Waals surface area contributed by atoms with Crippen LogP contribution in [0.1, 0.15) is 11.4 Å². The van der Waals surface area contributed by atoms with Crippen molar-refractivity contribution in [3.05, 3.63) is 22.7 Å². The lowest BCUT2D eigenvalue weighted by Gasteiger charge is -1.96. The smallest absolute Gasteiger partial charge is 0.150 e. The first-order chi connectivity index (χ1) is 4.74. The molecule has 0 aliphatic heterocycles. The van der Waals surface area contributed by atoms with Gasteiger partial charge < -0.3 is 5.11 Å². The van der Waals surface area contributed by atoms with Crippen LogP contribution in [0.15, 0.2) is 6.20 Å². The van der Waals surface area contributed by atoms with Gasteiger partial charge in [0.2, 0.25) is 0 Å². The molecule has 0 saturated carbocycles. The van der Waals surface area contributed by atoms with Crippen LogP contribution in [-0.2, 0) is 6.61 Å². The maximum absolute atomic E-state index is 8.59. The van der Waals surface area contributed by atoms with Crippen LogP contribution >= 0.6 is 11.6 Å². The Kier molecular flexibility index (Phi) is 2.19. The fraction of sp³-hybridized carbons (Fsp3) is 0.333. The monoisotopic (exact) mass is 158 g/mol. The number of aryl methyl sites for hydroxylation is 1. The maximum atomic E-state index is 8.59. The van der Waals surface area contributed by atoms with E-state index in [4.69, 9.17) is 16.7 Å². The number of hydrogen-bond donors (Lipinski definition) is 1. The number of nitrogens with zero attached hydrogens (tertiary/aromatic N) is 2. The molecule has 0 aliphatic carbocycles. The van der Waals surface area contributed by atoms with Crippen LogP contribution in [-0.4, -0.2) is 15.1 Å². The molecule has 0 radical (unpaired) electrons. The Hall–Kier alpha value is -0.670. The second-order valence-corrected chi connectivity index (χ2v) is 2.25. The van der Waals surface area contributed by atoms with Gasteiger partial charge in [-0.1, -0.05) is 11.6 Å². The highest BCUT2D eigenvalue weighted by molar-refractivity contribution is 6.29. The predicted molar refractivity (Wildman–Crippen MR) is 37.7 cm³/mol. The van der Waals surface area contributed by atoms with E-state index in [9.17, 15) is 0 Å². The Morgan fingerprint density at radius 3 is 2.90 bits per heavy atom. The summed E-state index contributed by atoms with van der Waals surface area (Å²) in [7, 11) is 0. The van der Waals surface area contributed by atoms with E-state index in [0.717, 1.165) is 0 Å². The molecule has 54 valence electrons. The molecule has 0 spiro atoms. The third-order valence-electron chi connectivity index (χ3n) is 1.11. The van der Waals surface area contributed by atoms with Crippen LogP contribution in [0.2, 0.25) is 5.15 Å². The number of aliphatic hydroxyl groups excluding tert-OH is 1. The molecule has 1 heterocycles. The van der Waals surface area contributed by atoms with Crippen LogP contribution in [0.5, 0.6) is 0 Å². The van der Waals surface area contributed by atoms with Crippen LogP contribution in [0.3, 0.4) is 0 Å². The highest BCUT2D eigenvalue weighted by atomic mass is 35.5. The summed E-state index contributed by atoms with van der Waals surface area (Å²) < 4.78 is 0. The highest BCUT2D eigenvalue weighted by Gasteiger charge is 1.98. The van der Waals surface area contributed by atoms with Gasteiger partial charge in [0.1, 0.15) is 0 Å². The Bertz CT molecular complexity index is 239. The van der Waals surface area contributed by atoms with Crippen molar-refractivity contribution < 1.29 is 5.11 Å². The van der Waals surface area contributed by atoms with Gasteiger partial charge in [0.25, 0.3) is 0 Å². The van der Waals surface area contributed by atoms with Crippen molar-refractivity contribution in [1.82, 2.24) is 9.97 Å². The van der Waals surface area contributed by atoms with E-state index >= 15 is 0 Å². The van der Waals surface area contributed by atoms with Gasteiger partial charge in [-0.15, -0.1) is 0 Å². The van der Waals surface area contributed by atoms with E-state index in [1.54, 1.807) is 6.92 Å². The number of halogens is 1. The molecule has 3 nitrogen and oxygen atoms in total. The topological polar surface area (TPSA) is 46.0 Å². The third-order valence-corrected chi connectivity index (χ3v) is 1.47. The number of rotatable bonds is 1. The summed E-state index contributed by atoms with van der Waals surface area (Å²) in [6.07, 6.45) is 1.50. The second kappa shape index (κ2) is 2.94. The van der Waals surface area contributed by atoms with E-state index in [2.05, 4.69) is 9.97 Å². The van der Waals surface area contributed by atoms with Gasteiger partial charge in [-0.25, -0.2) is 4.98 Å². The summed E-state index contributed by atoms with van der Waals surface area (Å²) in [5.41, 5.74) is 1.18. The Labute approximate surface area is 63.7 Å². The van der Waals surface area contributed by atoms with Crippen LogP contribution < -0.4 is 0 Å². The van der Waals surface area contributed by atoms with Gasteiger partial charge in [0.15, 0.2) is 5.15 Å². The Morgan fingerprint density at radius 1 is 1.70 bits per heavy atom. The van der Waals surface area contributed by atoms with Crippen molar-refractivity contribution in [2.45, 2.75) is 13.5 Å². The number of aromatic nitrogens is 2. The van der Waals surface area contributed by atoms with Gasteiger partial charge in [0, 0.05) is 0 Å². The molecule has 10 heavy (non-hydrogen) atoms. The maximum Gasteiger partial charge on any atom is 0.150 e. The van der Waals surface area contributed by atoms with Crippen molar-refractivity contribution in [1.29, 1.82) is 0 Å². The summed E-state index contributed by atoms with van der Waals surface area (Å²) >= 11 is 5.61. The molecule has 1 rings (SSSR count). The zero-order chi connectivity index (χ0) is 7.56. The molecule has 0 aromatic carbocycles. The number of hydrogen-bond acceptors (Lipinski definition) is 3. The summed E-state index contributed by atoms with van der Waals surface area (Å²) in [4.78, 5) is 7.74. The minimum atomic E-state index is -0.118. The molecule has 1 aromatic rings. The zero-order valence-corrected chi connectivity index (χ0v) is 6.26.